The largest absolute Gasteiger partial charge is 0.460 e. The Labute approximate surface area is 175 Å². The molecule has 0 atom stereocenters. The summed E-state index contributed by atoms with van der Waals surface area (Å²) in [5.41, 5.74) is 4.03. The first-order chi connectivity index (χ1) is 14.7. The number of aryl methyl sites for hydroxylation is 1. The molecule has 30 heavy (non-hydrogen) atoms. The second kappa shape index (κ2) is 7.49. The summed E-state index contributed by atoms with van der Waals surface area (Å²) in [5, 5.41) is 2.24. The van der Waals surface area contributed by atoms with Gasteiger partial charge < -0.3 is 4.42 Å². The molecule has 0 saturated carbocycles. The lowest BCUT2D eigenvalue weighted by Crippen LogP contribution is -2.03. The molecule has 0 aliphatic heterocycles. The van der Waals surface area contributed by atoms with Crippen LogP contribution < -0.4 is 0 Å². The van der Waals surface area contributed by atoms with Crippen molar-refractivity contribution in [3.63, 3.8) is 0 Å². The monoisotopic (exact) mass is 388 g/mol. The summed E-state index contributed by atoms with van der Waals surface area (Å²) in [6, 6.07) is 33.7. The van der Waals surface area contributed by atoms with Gasteiger partial charge in [-0.05, 0) is 23.3 Å². The van der Waals surface area contributed by atoms with Crippen molar-refractivity contribution >= 4 is 16.6 Å². The van der Waals surface area contributed by atoms with Gasteiger partial charge in [0.2, 0.25) is 0 Å². The zero-order valence-electron chi connectivity index (χ0n) is 16.6. The number of hydrogen-bond donors (Lipinski definition) is 0. The van der Waals surface area contributed by atoms with Gasteiger partial charge in [0.05, 0.1) is 5.56 Å². The van der Waals surface area contributed by atoms with E-state index in [9.17, 15) is 4.79 Å². The maximum atomic E-state index is 13.7. The molecular weight excluding hydrogens is 368 g/mol. The number of rotatable bonds is 4. The van der Waals surface area contributed by atoms with Crippen LogP contribution in [0.25, 0.3) is 33.2 Å². The van der Waals surface area contributed by atoms with Gasteiger partial charge in [-0.25, -0.2) is 0 Å². The highest BCUT2D eigenvalue weighted by Gasteiger charge is 2.27. The number of carbonyl (C=O) groups is 1. The summed E-state index contributed by atoms with van der Waals surface area (Å²) < 4.78 is 6.26. The zero-order valence-corrected chi connectivity index (χ0v) is 16.6. The Bertz CT molecular complexity index is 1340. The fraction of sp³-hybridized carbons (Fsp3) is 0.0357. The lowest BCUT2D eigenvalue weighted by Gasteiger charge is -2.10. The molecule has 144 valence electrons. The first-order valence-electron chi connectivity index (χ1n) is 10.0. The van der Waals surface area contributed by atoms with Crippen LogP contribution in [0.15, 0.2) is 108 Å². The van der Waals surface area contributed by atoms with Crippen molar-refractivity contribution < 1.29 is 9.21 Å². The molecule has 0 bridgehead atoms. The Morgan fingerprint density at radius 1 is 0.700 bits per heavy atom. The maximum absolute atomic E-state index is 13.7. The molecule has 0 radical (unpaired) electrons. The minimum atomic E-state index is -0.0331. The van der Waals surface area contributed by atoms with Gasteiger partial charge in [0.25, 0.3) is 0 Å². The van der Waals surface area contributed by atoms with E-state index in [4.69, 9.17) is 4.42 Å². The van der Waals surface area contributed by atoms with Crippen molar-refractivity contribution in [2.45, 2.75) is 6.92 Å². The van der Waals surface area contributed by atoms with Crippen LogP contribution in [0.4, 0.5) is 0 Å². The van der Waals surface area contributed by atoms with Crippen LogP contribution in [0.5, 0.6) is 0 Å². The molecular formula is C28H20O2. The lowest BCUT2D eigenvalue weighted by molar-refractivity contribution is 0.103. The minimum Gasteiger partial charge on any atom is -0.460 e. The summed E-state index contributed by atoms with van der Waals surface area (Å²) in [4.78, 5) is 13.7. The molecule has 0 fully saturated rings. The van der Waals surface area contributed by atoms with Gasteiger partial charge >= 0.3 is 0 Å². The first-order valence-corrected chi connectivity index (χ1v) is 10.0. The van der Waals surface area contributed by atoms with Crippen molar-refractivity contribution in [1.29, 1.82) is 0 Å². The highest BCUT2D eigenvalue weighted by molar-refractivity contribution is 6.18. The standard InChI is InChI=1S/C28H20O2/c1-19-25(24-18-10-16-20-11-8-9-17-23(20)24)26(27(29)21-12-4-2-5-13-21)28(30-19)22-14-6-3-7-15-22/h2-18H,1H3. The maximum Gasteiger partial charge on any atom is 0.197 e. The van der Waals surface area contributed by atoms with Crippen molar-refractivity contribution in [2.75, 3.05) is 0 Å². The molecule has 5 rings (SSSR count). The van der Waals surface area contributed by atoms with Crippen LogP contribution >= 0.6 is 0 Å². The Balaban J connectivity index is 1.84. The van der Waals surface area contributed by atoms with E-state index >= 15 is 0 Å². The van der Waals surface area contributed by atoms with Gasteiger partial charge in [-0.2, -0.15) is 0 Å². The molecule has 0 aliphatic carbocycles. The number of furan rings is 1. The Hall–Kier alpha value is -3.91. The number of hydrogen-bond acceptors (Lipinski definition) is 2. The van der Waals surface area contributed by atoms with Gasteiger partial charge in [0.1, 0.15) is 11.5 Å². The Kier molecular flexibility index (Phi) is 4.53. The molecule has 0 amide bonds. The van der Waals surface area contributed by atoms with Crippen molar-refractivity contribution in [3.8, 4) is 22.5 Å². The normalized spacial score (nSPS) is 11.0. The fourth-order valence-electron chi connectivity index (χ4n) is 4.06. The van der Waals surface area contributed by atoms with Gasteiger partial charge in [0, 0.05) is 16.7 Å². The smallest absolute Gasteiger partial charge is 0.197 e. The van der Waals surface area contributed by atoms with Crippen LogP contribution in [-0.2, 0) is 0 Å². The predicted octanol–water partition coefficient (Wildman–Crippen LogP) is 7.31. The average molecular weight is 388 g/mol. The summed E-state index contributed by atoms with van der Waals surface area (Å²) >= 11 is 0. The molecule has 0 saturated heterocycles. The van der Waals surface area contributed by atoms with Crippen LogP contribution in [0.3, 0.4) is 0 Å². The van der Waals surface area contributed by atoms with E-state index < -0.39 is 0 Å². The molecule has 2 heteroatoms. The van der Waals surface area contributed by atoms with Crippen LogP contribution in [0.2, 0.25) is 0 Å². The van der Waals surface area contributed by atoms with E-state index in [1.807, 2.05) is 85.8 Å². The van der Waals surface area contributed by atoms with E-state index in [0.29, 0.717) is 16.9 Å². The SMILES string of the molecule is Cc1oc(-c2ccccc2)c(C(=O)c2ccccc2)c1-c1cccc2ccccc12. The predicted molar refractivity (Wildman–Crippen MR) is 122 cm³/mol. The number of carbonyl (C=O) groups excluding carboxylic acids is 1. The molecule has 0 aliphatic rings. The fourth-order valence-corrected chi connectivity index (χ4v) is 4.06. The highest BCUT2D eigenvalue weighted by atomic mass is 16.3. The van der Waals surface area contributed by atoms with E-state index in [-0.39, 0.29) is 5.78 Å². The third-order valence-electron chi connectivity index (χ3n) is 5.44. The second-order valence-corrected chi connectivity index (χ2v) is 7.33. The molecule has 0 unspecified atom stereocenters. The number of fused-ring (bicyclic) bond motifs is 1. The molecule has 0 N–H and O–H groups in total. The van der Waals surface area contributed by atoms with Gasteiger partial charge in [0.15, 0.2) is 5.78 Å². The molecule has 0 spiro atoms. The number of benzene rings is 4. The minimum absolute atomic E-state index is 0.0331. The quantitative estimate of drug-likeness (QED) is 0.302. The molecule has 1 heterocycles. The van der Waals surface area contributed by atoms with E-state index in [0.717, 1.165) is 33.2 Å². The summed E-state index contributed by atoms with van der Waals surface area (Å²) in [6.45, 7) is 1.94. The molecule has 4 aromatic carbocycles. The van der Waals surface area contributed by atoms with Gasteiger partial charge in [-0.1, -0.05) is 103 Å². The van der Waals surface area contributed by atoms with Crippen molar-refractivity contribution in [2.24, 2.45) is 0 Å². The highest BCUT2D eigenvalue weighted by Crippen LogP contribution is 2.41. The van der Waals surface area contributed by atoms with Gasteiger partial charge in [-0.3, -0.25) is 4.79 Å². The zero-order chi connectivity index (χ0) is 20.5. The van der Waals surface area contributed by atoms with Crippen LogP contribution in [-0.4, -0.2) is 5.78 Å². The summed E-state index contributed by atoms with van der Waals surface area (Å²) in [6.07, 6.45) is 0. The average Bonchev–Trinajstić information content (AvgIpc) is 3.16. The van der Waals surface area contributed by atoms with E-state index in [1.54, 1.807) is 0 Å². The van der Waals surface area contributed by atoms with Crippen molar-refractivity contribution in [3.05, 3.63) is 120 Å². The third-order valence-corrected chi connectivity index (χ3v) is 5.44. The van der Waals surface area contributed by atoms with E-state index in [1.165, 1.54) is 0 Å². The lowest BCUT2D eigenvalue weighted by atomic mass is 9.90. The summed E-state index contributed by atoms with van der Waals surface area (Å²) in [5.74, 6) is 1.32. The number of ketones is 1. The molecule has 2 nitrogen and oxygen atoms in total. The Morgan fingerprint density at radius 3 is 2.10 bits per heavy atom. The molecule has 1 aromatic heterocycles. The first kappa shape index (κ1) is 18.1. The third kappa shape index (κ3) is 3.03. The van der Waals surface area contributed by atoms with Crippen molar-refractivity contribution in [1.82, 2.24) is 0 Å². The topological polar surface area (TPSA) is 30.2 Å². The molecule has 5 aromatic rings. The van der Waals surface area contributed by atoms with Crippen LogP contribution in [0, 0.1) is 6.92 Å². The second-order valence-electron chi connectivity index (χ2n) is 7.33. The Morgan fingerprint density at radius 2 is 1.33 bits per heavy atom. The summed E-state index contributed by atoms with van der Waals surface area (Å²) in [7, 11) is 0. The van der Waals surface area contributed by atoms with Crippen LogP contribution in [0.1, 0.15) is 21.7 Å². The van der Waals surface area contributed by atoms with Gasteiger partial charge in [-0.15, -0.1) is 0 Å². The van der Waals surface area contributed by atoms with E-state index in [2.05, 4.69) is 24.3 Å².